The molecule has 1 aliphatic rings. The number of aryl methyl sites for hydroxylation is 2. The van der Waals surface area contributed by atoms with Crippen LogP contribution in [0.3, 0.4) is 0 Å². The minimum absolute atomic E-state index is 0.313. The van der Waals surface area contributed by atoms with E-state index in [2.05, 4.69) is 10.6 Å². The van der Waals surface area contributed by atoms with E-state index in [1.54, 1.807) is 6.92 Å². The molecule has 0 aromatic heterocycles. The summed E-state index contributed by atoms with van der Waals surface area (Å²) in [6, 6.07) is 12.4. The zero-order chi connectivity index (χ0) is 19.4. The second kappa shape index (κ2) is 7.99. The summed E-state index contributed by atoms with van der Waals surface area (Å²) >= 11 is 0. The summed E-state index contributed by atoms with van der Waals surface area (Å²) in [4.78, 5) is 37.6. The molecule has 4 amide bonds. The fourth-order valence-electron chi connectivity index (χ4n) is 2.94. The maximum Gasteiger partial charge on any atom is 0.325 e. The number of rotatable bonds is 6. The van der Waals surface area contributed by atoms with Crippen molar-refractivity contribution in [2.45, 2.75) is 25.8 Å². The molecule has 1 heterocycles. The number of nitrogens with one attached hydrogen (secondary N) is 2. The smallest absolute Gasteiger partial charge is 0.325 e. The van der Waals surface area contributed by atoms with E-state index in [0.29, 0.717) is 24.1 Å². The van der Waals surface area contributed by atoms with Crippen LogP contribution in [0.2, 0.25) is 0 Å². The van der Waals surface area contributed by atoms with Crippen molar-refractivity contribution in [1.29, 1.82) is 0 Å². The molecule has 1 fully saturated rings. The molecule has 1 aliphatic heterocycles. The third-order valence-corrected chi connectivity index (χ3v) is 4.45. The Labute approximate surface area is 156 Å². The van der Waals surface area contributed by atoms with Gasteiger partial charge < -0.3 is 10.6 Å². The molecular formula is C20H20FN3O3. The Hall–Kier alpha value is -3.22. The Kier molecular flexibility index (Phi) is 5.49. The fraction of sp³-hybridized carbons (Fsp3) is 0.250. The summed E-state index contributed by atoms with van der Waals surface area (Å²) in [5.41, 5.74) is 2.06. The third-order valence-electron chi connectivity index (χ3n) is 4.45. The molecule has 0 radical (unpaired) electrons. The van der Waals surface area contributed by atoms with Crippen molar-refractivity contribution >= 4 is 23.5 Å². The predicted molar refractivity (Wildman–Crippen MR) is 98.6 cm³/mol. The molecule has 0 spiro atoms. The number of carbonyl (C=O) groups excluding carboxylic acids is 3. The number of urea groups is 1. The van der Waals surface area contributed by atoms with E-state index in [-0.39, 0.29) is 0 Å². The Morgan fingerprint density at radius 2 is 1.93 bits per heavy atom. The van der Waals surface area contributed by atoms with Crippen molar-refractivity contribution in [3.8, 4) is 0 Å². The number of imide groups is 1. The van der Waals surface area contributed by atoms with Crippen molar-refractivity contribution in [2.24, 2.45) is 0 Å². The molecular weight excluding hydrogens is 349 g/mol. The second-order valence-electron chi connectivity index (χ2n) is 6.46. The Morgan fingerprint density at radius 3 is 2.67 bits per heavy atom. The molecule has 0 aliphatic carbocycles. The van der Waals surface area contributed by atoms with Crippen LogP contribution in [0, 0.1) is 12.7 Å². The first-order valence-electron chi connectivity index (χ1n) is 8.66. The van der Waals surface area contributed by atoms with Gasteiger partial charge in [-0.2, -0.15) is 0 Å². The van der Waals surface area contributed by atoms with Gasteiger partial charge in [-0.1, -0.05) is 36.4 Å². The highest BCUT2D eigenvalue weighted by molar-refractivity contribution is 6.08. The largest absolute Gasteiger partial charge is 0.326 e. The molecule has 140 valence electrons. The van der Waals surface area contributed by atoms with Crippen molar-refractivity contribution in [3.63, 3.8) is 0 Å². The Balaban J connectivity index is 1.58. The second-order valence-corrected chi connectivity index (χ2v) is 6.46. The fourth-order valence-corrected chi connectivity index (χ4v) is 2.94. The van der Waals surface area contributed by atoms with Crippen molar-refractivity contribution in [1.82, 2.24) is 10.2 Å². The summed E-state index contributed by atoms with van der Waals surface area (Å²) in [5, 5.41) is 5.15. The standard InChI is InChI=1S/C20H20FN3O3/c1-13-7-9-15(21)11-17(13)22-18(25)12-24-19(26)16(23-20(24)27)10-8-14-5-3-2-4-6-14/h2-7,9,11,16H,8,10,12H2,1H3,(H,22,25)(H,23,27)/t16-/m1/s1. The summed E-state index contributed by atoms with van der Waals surface area (Å²) in [6.45, 7) is 1.31. The minimum atomic E-state index is -0.651. The summed E-state index contributed by atoms with van der Waals surface area (Å²) < 4.78 is 13.3. The van der Waals surface area contributed by atoms with E-state index >= 15 is 0 Å². The zero-order valence-electron chi connectivity index (χ0n) is 14.9. The van der Waals surface area contributed by atoms with Crippen molar-refractivity contribution in [3.05, 3.63) is 65.5 Å². The van der Waals surface area contributed by atoms with Gasteiger partial charge in [-0.15, -0.1) is 0 Å². The van der Waals surface area contributed by atoms with Crippen LogP contribution in [0.15, 0.2) is 48.5 Å². The van der Waals surface area contributed by atoms with Gasteiger partial charge in [-0.25, -0.2) is 9.18 Å². The zero-order valence-corrected chi connectivity index (χ0v) is 14.9. The lowest BCUT2D eigenvalue weighted by atomic mass is 10.1. The first-order chi connectivity index (χ1) is 12.9. The first kappa shape index (κ1) is 18.6. The van der Waals surface area contributed by atoms with Crippen LogP contribution in [0.5, 0.6) is 0 Å². The van der Waals surface area contributed by atoms with E-state index in [1.807, 2.05) is 30.3 Å². The minimum Gasteiger partial charge on any atom is -0.326 e. The highest BCUT2D eigenvalue weighted by atomic mass is 19.1. The van der Waals surface area contributed by atoms with Gasteiger partial charge in [0.05, 0.1) is 0 Å². The summed E-state index contributed by atoms with van der Waals surface area (Å²) in [6.07, 6.45) is 1.09. The maximum atomic E-state index is 13.3. The Bertz CT molecular complexity index is 870. The molecule has 1 atom stereocenters. The maximum absolute atomic E-state index is 13.3. The lowest BCUT2D eigenvalue weighted by Gasteiger charge is -2.14. The molecule has 2 N–H and O–H groups in total. The third kappa shape index (κ3) is 4.49. The normalized spacial score (nSPS) is 16.4. The lowest BCUT2D eigenvalue weighted by Crippen LogP contribution is -2.38. The number of amides is 4. The number of carbonyl (C=O) groups is 3. The number of nitrogens with zero attached hydrogens (tertiary/aromatic N) is 1. The first-order valence-corrected chi connectivity index (χ1v) is 8.66. The average Bonchev–Trinajstić information content (AvgIpc) is 2.91. The topological polar surface area (TPSA) is 78.5 Å². The number of benzene rings is 2. The van der Waals surface area contributed by atoms with E-state index < -0.39 is 36.2 Å². The van der Waals surface area contributed by atoms with Gasteiger partial charge >= 0.3 is 6.03 Å². The molecule has 2 aromatic carbocycles. The van der Waals surface area contributed by atoms with Crippen LogP contribution >= 0.6 is 0 Å². The van der Waals surface area contributed by atoms with Gasteiger partial charge in [0.2, 0.25) is 5.91 Å². The van der Waals surface area contributed by atoms with E-state index in [0.717, 1.165) is 10.5 Å². The molecule has 1 saturated heterocycles. The number of hydrogen-bond acceptors (Lipinski definition) is 3. The number of hydrogen-bond donors (Lipinski definition) is 2. The molecule has 6 nitrogen and oxygen atoms in total. The predicted octanol–water partition coefficient (Wildman–Crippen LogP) is 2.63. The molecule has 27 heavy (non-hydrogen) atoms. The van der Waals surface area contributed by atoms with Crippen molar-refractivity contribution in [2.75, 3.05) is 11.9 Å². The molecule has 0 bridgehead atoms. The SMILES string of the molecule is Cc1ccc(F)cc1NC(=O)CN1C(=O)N[C@H](CCc2ccccc2)C1=O. The van der Waals surface area contributed by atoms with Crippen LogP contribution in [-0.4, -0.2) is 35.3 Å². The molecule has 0 saturated carbocycles. The van der Waals surface area contributed by atoms with Crippen LogP contribution in [-0.2, 0) is 16.0 Å². The number of halogens is 1. The van der Waals surface area contributed by atoms with Gasteiger partial charge in [-0.05, 0) is 43.0 Å². The van der Waals surface area contributed by atoms with Crippen LogP contribution < -0.4 is 10.6 Å². The van der Waals surface area contributed by atoms with Gasteiger partial charge in [0.15, 0.2) is 0 Å². The summed E-state index contributed by atoms with van der Waals surface area (Å²) in [7, 11) is 0. The summed E-state index contributed by atoms with van der Waals surface area (Å²) in [5.74, 6) is -1.47. The average molecular weight is 369 g/mol. The molecule has 0 unspecified atom stereocenters. The van der Waals surface area contributed by atoms with Gasteiger partial charge in [0.25, 0.3) is 5.91 Å². The van der Waals surface area contributed by atoms with Gasteiger partial charge in [0.1, 0.15) is 18.4 Å². The van der Waals surface area contributed by atoms with E-state index in [4.69, 9.17) is 0 Å². The molecule has 2 aromatic rings. The van der Waals surface area contributed by atoms with E-state index in [9.17, 15) is 18.8 Å². The highest BCUT2D eigenvalue weighted by Gasteiger charge is 2.38. The monoisotopic (exact) mass is 369 g/mol. The quantitative estimate of drug-likeness (QED) is 0.769. The lowest BCUT2D eigenvalue weighted by molar-refractivity contribution is -0.130. The van der Waals surface area contributed by atoms with Crippen molar-refractivity contribution < 1.29 is 18.8 Å². The van der Waals surface area contributed by atoms with Crippen LogP contribution in [0.4, 0.5) is 14.9 Å². The number of anilines is 1. The highest BCUT2D eigenvalue weighted by Crippen LogP contribution is 2.17. The molecule has 3 rings (SSSR count). The van der Waals surface area contributed by atoms with Crippen LogP contribution in [0.25, 0.3) is 0 Å². The molecule has 7 heteroatoms. The van der Waals surface area contributed by atoms with Crippen LogP contribution in [0.1, 0.15) is 17.5 Å². The van der Waals surface area contributed by atoms with Gasteiger partial charge in [-0.3, -0.25) is 14.5 Å². The Morgan fingerprint density at radius 1 is 1.19 bits per heavy atom. The van der Waals surface area contributed by atoms with E-state index in [1.165, 1.54) is 18.2 Å². The van der Waals surface area contributed by atoms with Gasteiger partial charge in [0, 0.05) is 5.69 Å².